The van der Waals surface area contributed by atoms with Crippen LogP contribution in [0.1, 0.15) is 25.0 Å². The lowest BCUT2D eigenvalue weighted by Crippen LogP contribution is -2.33. The predicted octanol–water partition coefficient (Wildman–Crippen LogP) is 3.87. The average Bonchev–Trinajstić information content (AvgIpc) is 2.60. The third-order valence-electron chi connectivity index (χ3n) is 3.89. The summed E-state index contributed by atoms with van der Waals surface area (Å²) in [7, 11) is 1.62. The van der Waals surface area contributed by atoms with Crippen molar-refractivity contribution in [1.29, 1.82) is 0 Å². The lowest BCUT2D eigenvalue weighted by Gasteiger charge is -2.20. The molecule has 0 aliphatic heterocycles. The summed E-state index contributed by atoms with van der Waals surface area (Å²) >= 11 is 0. The van der Waals surface area contributed by atoms with Gasteiger partial charge in [-0.05, 0) is 29.8 Å². The molecule has 2 aromatic rings. The molecule has 0 amide bonds. The second kappa shape index (κ2) is 9.08. The number of hydroxylamine groups is 1. The van der Waals surface area contributed by atoms with E-state index >= 15 is 0 Å². The summed E-state index contributed by atoms with van der Waals surface area (Å²) in [6.07, 6.45) is 1.61. The normalized spacial score (nSPS) is 13.1. The highest BCUT2D eigenvalue weighted by molar-refractivity contribution is 5.75. The molecule has 0 heterocycles. The van der Waals surface area contributed by atoms with Crippen LogP contribution >= 0.6 is 0 Å². The first-order valence-corrected chi connectivity index (χ1v) is 8.16. The number of hydrogen-bond donors (Lipinski definition) is 0. The van der Waals surface area contributed by atoms with Crippen molar-refractivity contribution in [2.24, 2.45) is 5.92 Å². The van der Waals surface area contributed by atoms with Gasteiger partial charge >= 0.3 is 0 Å². The van der Waals surface area contributed by atoms with Crippen molar-refractivity contribution in [3.05, 3.63) is 70.9 Å². The van der Waals surface area contributed by atoms with Gasteiger partial charge < -0.3 is 14.7 Å². The Morgan fingerprint density at radius 1 is 1.04 bits per heavy atom. The summed E-state index contributed by atoms with van der Waals surface area (Å²) < 4.78 is 11.9. The van der Waals surface area contributed by atoms with Gasteiger partial charge in [0.15, 0.2) is 12.3 Å². The van der Waals surface area contributed by atoms with Crippen LogP contribution in [-0.2, 0) is 11.3 Å². The highest BCUT2D eigenvalue weighted by atomic mass is 16.5. The largest absolute Gasteiger partial charge is 0.624 e. The van der Waals surface area contributed by atoms with Gasteiger partial charge in [0.25, 0.3) is 0 Å². The van der Waals surface area contributed by atoms with Crippen molar-refractivity contribution in [2.45, 2.75) is 26.5 Å². The lowest BCUT2D eigenvalue weighted by atomic mass is 10.1. The van der Waals surface area contributed by atoms with Crippen molar-refractivity contribution in [1.82, 2.24) is 0 Å². The van der Waals surface area contributed by atoms with E-state index in [1.165, 1.54) is 0 Å². The SMILES string of the molecule is COc1ccc(/C=[N+](\[O-])[C@H](COCc2ccccc2)C(C)C)cc1. The van der Waals surface area contributed by atoms with Crippen molar-refractivity contribution in [2.75, 3.05) is 13.7 Å². The minimum atomic E-state index is -0.226. The summed E-state index contributed by atoms with van der Waals surface area (Å²) in [5, 5.41) is 12.5. The quantitative estimate of drug-likeness (QED) is 0.320. The summed E-state index contributed by atoms with van der Waals surface area (Å²) in [4.78, 5) is 0. The van der Waals surface area contributed by atoms with Crippen LogP contribution in [0.25, 0.3) is 0 Å². The zero-order chi connectivity index (χ0) is 17.4. The summed E-state index contributed by atoms with van der Waals surface area (Å²) in [6, 6.07) is 17.2. The van der Waals surface area contributed by atoms with Crippen molar-refractivity contribution >= 4 is 6.21 Å². The van der Waals surface area contributed by atoms with Crippen LogP contribution in [-0.4, -0.2) is 30.7 Å². The van der Waals surface area contributed by atoms with Crippen LogP contribution in [0.3, 0.4) is 0 Å². The van der Waals surface area contributed by atoms with Gasteiger partial charge in [0.2, 0.25) is 0 Å². The fourth-order valence-electron chi connectivity index (χ4n) is 2.36. The Morgan fingerprint density at radius 2 is 1.71 bits per heavy atom. The molecule has 0 aliphatic carbocycles. The molecular formula is C20H25NO3. The van der Waals surface area contributed by atoms with Gasteiger partial charge in [0, 0.05) is 11.5 Å². The van der Waals surface area contributed by atoms with Gasteiger partial charge in [-0.1, -0.05) is 44.2 Å². The standard InChI is InChI=1S/C20H25NO3/c1-16(2)20(15-24-14-18-7-5-4-6-8-18)21(22)13-17-9-11-19(23-3)12-10-17/h4-13,16,20H,14-15H2,1-3H3/b21-13-/t20-/m1/s1. The molecule has 0 unspecified atom stereocenters. The maximum absolute atomic E-state index is 12.5. The molecule has 24 heavy (non-hydrogen) atoms. The van der Waals surface area contributed by atoms with E-state index in [0.717, 1.165) is 21.6 Å². The van der Waals surface area contributed by atoms with Crippen LogP contribution in [0.2, 0.25) is 0 Å². The average molecular weight is 327 g/mol. The first kappa shape index (κ1) is 18.0. The maximum atomic E-state index is 12.5. The molecule has 0 spiro atoms. The van der Waals surface area contributed by atoms with Crippen LogP contribution in [0.5, 0.6) is 5.75 Å². The highest BCUT2D eigenvalue weighted by Gasteiger charge is 2.21. The van der Waals surface area contributed by atoms with E-state index in [4.69, 9.17) is 9.47 Å². The van der Waals surface area contributed by atoms with E-state index in [0.29, 0.717) is 13.2 Å². The zero-order valence-corrected chi connectivity index (χ0v) is 14.5. The minimum absolute atomic E-state index is 0.188. The van der Waals surface area contributed by atoms with Crippen LogP contribution in [0.15, 0.2) is 54.6 Å². The third kappa shape index (κ3) is 5.39. The summed E-state index contributed by atoms with van der Waals surface area (Å²) in [6.45, 7) is 4.97. The van der Waals surface area contributed by atoms with E-state index in [-0.39, 0.29) is 12.0 Å². The molecule has 2 rings (SSSR count). The number of ether oxygens (including phenoxy) is 2. The first-order chi connectivity index (χ1) is 11.6. The van der Waals surface area contributed by atoms with E-state index < -0.39 is 0 Å². The molecule has 1 atom stereocenters. The summed E-state index contributed by atoms with van der Waals surface area (Å²) in [5.41, 5.74) is 1.95. The number of rotatable bonds is 8. The molecule has 0 aliphatic rings. The highest BCUT2D eigenvalue weighted by Crippen LogP contribution is 2.12. The van der Waals surface area contributed by atoms with Crippen molar-refractivity contribution in [3.8, 4) is 5.75 Å². The Kier molecular flexibility index (Phi) is 6.82. The fraction of sp³-hybridized carbons (Fsp3) is 0.350. The predicted molar refractivity (Wildman–Crippen MR) is 96.5 cm³/mol. The maximum Gasteiger partial charge on any atom is 0.188 e. The Morgan fingerprint density at radius 3 is 2.29 bits per heavy atom. The van der Waals surface area contributed by atoms with Crippen LogP contribution < -0.4 is 4.74 Å². The molecule has 2 aromatic carbocycles. The molecule has 0 bridgehead atoms. The molecular weight excluding hydrogens is 302 g/mol. The van der Waals surface area contributed by atoms with Gasteiger partial charge in [0.05, 0.1) is 13.7 Å². The number of methoxy groups -OCH3 is 1. The molecule has 0 N–H and O–H groups in total. The molecule has 0 saturated carbocycles. The Labute approximate surface area is 143 Å². The van der Waals surface area contributed by atoms with Gasteiger partial charge in [-0.3, -0.25) is 0 Å². The summed E-state index contributed by atoms with van der Waals surface area (Å²) in [5.74, 6) is 0.962. The fourth-order valence-corrected chi connectivity index (χ4v) is 2.36. The monoisotopic (exact) mass is 327 g/mol. The number of benzene rings is 2. The van der Waals surface area contributed by atoms with Gasteiger partial charge in [-0.2, -0.15) is 0 Å². The minimum Gasteiger partial charge on any atom is -0.624 e. The van der Waals surface area contributed by atoms with Gasteiger partial charge in [-0.15, -0.1) is 0 Å². The van der Waals surface area contributed by atoms with Gasteiger partial charge in [0.1, 0.15) is 12.4 Å². The molecule has 0 aromatic heterocycles. The Bertz CT molecular complexity index is 636. The zero-order valence-electron chi connectivity index (χ0n) is 14.5. The number of hydrogen-bond acceptors (Lipinski definition) is 3. The first-order valence-electron chi connectivity index (χ1n) is 8.16. The van der Waals surface area contributed by atoms with E-state index in [2.05, 4.69) is 0 Å². The van der Waals surface area contributed by atoms with E-state index in [9.17, 15) is 5.21 Å². The van der Waals surface area contributed by atoms with Gasteiger partial charge in [-0.25, -0.2) is 4.74 Å². The Balaban J connectivity index is 1.98. The van der Waals surface area contributed by atoms with E-state index in [1.54, 1.807) is 13.3 Å². The van der Waals surface area contributed by atoms with Crippen LogP contribution in [0.4, 0.5) is 0 Å². The molecule has 0 radical (unpaired) electrons. The molecule has 4 heteroatoms. The molecule has 0 saturated heterocycles. The smallest absolute Gasteiger partial charge is 0.188 e. The molecule has 4 nitrogen and oxygen atoms in total. The van der Waals surface area contributed by atoms with E-state index in [1.807, 2.05) is 68.4 Å². The van der Waals surface area contributed by atoms with Crippen LogP contribution in [0, 0.1) is 11.1 Å². The topological polar surface area (TPSA) is 44.5 Å². The Hall–Kier alpha value is -2.33. The van der Waals surface area contributed by atoms with Crippen molar-refractivity contribution in [3.63, 3.8) is 0 Å². The lowest BCUT2D eigenvalue weighted by molar-refractivity contribution is -0.510. The number of nitrogens with zero attached hydrogens (tertiary/aromatic N) is 1. The third-order valence-corrected chi connectivity index (χ3v) is 3.89. The molecule has 128 valence electrons. The second-order valence-electron chi connectivity index (χ2n) is 6.07. The second-order valence-corrected chi connectivity index (χ2v) is 6.07. The molecule has 0 fully saturated rings. The van der Waals surface area contributed by atoms with Crippen molar-refractivity contribution < 1.29 is 14.2 Å².